The summed E-state index contributed by atoms with van der Waals surface area (Å²) in [4.78, 5) is 0. The second kappa shape index (κ2) is 4.76. The molecule has 0 saturated heterocycles. The second-order valence-electron chi connectivity index (χ2n) is 8.03. The first-order valence-corrected chi connectivity index (χ1v) is 8.97. The van der Waals surface area contributed by atoms with Crippen LogP contribution in [-0.4, -0.2) is 5.11 Å². The molecule has 4 atom stereocenters. The fourth-order valence-corrected chi connectivity index (χ4v) is 5.93. The lowest BCUT2D eigenvalue weighted by Gasteiger charge is -2.49. The summed E-state index contributed by atoms with van der Waals surface area (Å²) in [6.07, 6.45) is 10.6. The molecule has 0 unspecified atom stereocenters. The predicted octanol–water partition coefficient (Wildman–Crippen LogP) is 5.20. The zero-order valence-electron chi connectivity index (χ0n) is 13.5. The van der Waals surface area contributed by atoms with Crippen LogP contribution >= 0.6 is 0 Å². The molecule has 0 amide bonds. The van der Waals surface area contributed by atoms with Crippen LogP contribution in [0.2, 0.25) is 0 Å². The molecule has 3 aliphatic rings. The summed E-state index contributed by atoms with van der Waals surface area (Å²) in [6, 6.07) is 4.42. The Morgan fingerprint density at radius 2 is 2.05 bits per heavy atom. The van der Waals surface area contributed by atoms with E-state index in [0.717, 1.165) is 29.7 Å². The lowest BCUT2D eigenvalue weighted by Crippen LogP contribution is -2.39. The lowest BCUT2D eigenvalue weighted by atomic mass is 9.56. The molecule has 4 rings (SSSR count). The van der Waals surface area contributed by atoms with Gasteiger partial charge in [-0.1, -0.05) is 26.3 Å². The normalized spacial score (nSPS) is 37.7. The van der Waals surface area contributed by atoms with Gasteiger partial charge in [0.25, 0.3) is 0 Å². The molecule has 114 valence electrons. The van der Waals surface area contributed by atoms with Crippen molar-refractivity contribution in [3.8, 4) is 5.75 Å². The Balaban J connectivity index is 1.73. The summed E-state index contributed by atoms with van der Waals surface area (Å²) in [5.74, 6) is 3.17. The summed E-state index contributed by atoms with van der Waals surface area (Å²) < 4.78 is 0. The van der Waals surface area contributed by atoms with E-state index in [1.807, 2.05) is 0 Å². The molecule has 1 heteroatoms. The number of phenolic OH excluding ortho intramolecular Hbond substituents is 1. The molecule has 3 aliphatic carbocycles. The van der Waals surface area contributed by atoms with Gasteiger partial charge in [-0.15, -0.1) is 0 Å². The number of rotatable bonds is 1. The summed E-state index contributed by atoms with van der Waals surface area (Å²) >= 11 is 0. The van der Waals surface area contributed by atoms with Crippen LogP contribution in [0.15, 0.2) is 12.1 Å². The smallest absolute Gasteiger partial charge is 0.119 e. The van der Waals surface area contributed by atoms with Gasteiger partial charge in [0.05, 0.1) is 0 Å². The molecule has 1 aromatic rings. The quantitative estimate of drug-likeness (QED) is 0.751. The van der Waals surface area contributed by atoms with Gasteiger partial charge in [0, 0.05) is 0 Å². The topological polar surface area (TPSA) is 20.2 Å². The highest BCUT2D eigenvalue weighted by Crippen LogP contribution is 2.61. The Morgan fingerprint density at radius 1 is 1.19 bits per heavy atom. The largest absolute Gasteiger partial charge is 0.508 e. The molecule has 1 nitrogen and oxygen atoms in total. The number of fused-ring (bicyclic) bond motifs is 5. The van der Waals surface area contributed by atoms with E-state index >= 15 is 0 Å². The number of benzene rings is 1. The van der Waals surface area contributed by atoms with E-state index < -0.39 is 0 Å². The predicted molar refractivity (Wildman–Crippen MR) is 86.7 cm³/mol. The van der Waals surface area contributed by atoms with Crippen LogP contribution in [0.25, 0.3) is 0 Å². The summed E-state index contributed by atoms with van der Waals surface area (Å²) in [5.41, 5.74) is 4.82. The number of aryl methyl sites for hydroxylation is 2. The standard InChI is InChI=1S/C20H28O/c1-3-13-11-17-14(12-19(13)21)6-7-16-15(17)8-10-20(2)9-4-5-18(16)20/h11-12,15-16,18,21H,3-10H2,1-2H3/t15-,16+,18-,20-/m0/s1. The number of phenols is 1. The number of hydrogen-bond donors (Lipinski definition) is 1. The van der Waals surface area contributed by atoms with Crippen molar-refractivity contribution in [2.75, 3.05) is 0 Å². The third kappa shape index (κ3) is 1.96. The molecule has 2 fully saturated rings. The van der Waals surface area contributed by atoms with Crippen molar-refractivity contribution in [3.05, 3.63) is 28.8 Å². The van der Waals surface area contributed by atoms with Crippen LogP contribution in [-0.2, 0) is 12.8 Å². The Bertz CT molecular complexity index is 561. The minimum Gasteiger partial charge on any atom is -0.508 e. The van der Waals surface area contributed by atoms with Gasteiger partial charge in [-0.3, -0.25) is 0 Å². The van der Waals surface area contributed by atoms with Crippen molar-refractivity contribution >= 4 is 0 Å². The van der Waals surface area contributed by atoms with Crippen LogP contribution in [0.1, 0.15) is 75.0 Å². The lowest BCUT2D eigenvalue weighted by molar-refractivity contribution is 0.0598. The second-order valence-corrected chi connectivity index (χ2v) is 8.03. The average molecular weight is 284 g/mol. The van der Waals surface area contributed by atoms with Crippen molar-refractivity contribution in [2.24, 2.45) is 17.3 Å². The Kier molecular flexibility index (Phi) is 3.10. The number of aromatic hydroxyl groups is 1. The van der Waals surface area contributed by atoms with Gasteiger partial charge in [0.1, 0.15) is 5.75 Å². The van der Waals surface area contributed by atoms with Crippen molar-refractivity contribution in [2.45, 2.75) is 71.1 Å². The van der Waals surface area contributed by atoms with Crippen molar-refractivity contribution in [1.29, 1.82) is 0 Å². The average Bonchev–Trinajstić information content (AvgIpc) is 2.88. The Morgan fingerprint density at radius 3 is 2.86 bits per heavy atom. The van der Waals surface area contributed by atoms with Crippen LogP contribution in [0.3, 0.4) is 0 Å². The molecule has 21 heavy (non-hydrogen) atoms. The first kappa shape index (κ1) is 13.7. The molecule has 0 radical (unpaired) electrons. The summed E-state index contributed by atoms with van der Waals surface area (Å²) in [6.45, 7) is 4.71. The maximum absolute atomic E-state index is 10.2. The molecular weight excluding hydrogens is 256 g/mol. The van der Waals surface area contributed by atoms with E-state index in [-0.39, 0.29) is 0 Å². The first-order valence-electron chi connectivity index (χ1n) is 8.97. The molecule has 0 spiro atoms. The van der Waals surface area contributed by atoms with Gasteiger partial charge in [-0.05, 0) is 90.9 Å². The van der Waals surface area contributed by atoms with E-state index in [1.165, 1.54) is 50.5 Å². The fourth-order valence-electron chi connectivity index (χ4n) is 5.93. The highest BCUT2D eigenvalue weighted by Gasteiger charge is 2.50. The molecule has 2 saturated carbocycles. The Labute approximate surface area is 128 Å². The summed E-state index contributed by atoms with van der Waals surface area (Å²) in [7, 11) is 0. The fraction of sp³-hybridized carbons (Fsp3) is 0.700. The minimum absolute atomic E-state index is 0.524. The van der Waals surface area contributed by atoms with Gasteiger partial charge in [0.15, 0.2) is 0 Å². The van der Waals surface area contributed by atoms with Gasteiger partial charge >= 0.3 is 0 Å². The van der Waals surface area contributed by atoms with Gasteiger partial charge in [-0.25, -0.2) is 0 Å². The van der Waals surface area contributed by atoms with Gasteiger partial charge in [-0.2, -0.15) is 0 Å². The Hall–Kier alpha value is -0.980. The molecule has 0 bridgehead atoms. The van der Waals surface area contributed by atoms with E-state index in [4.69, 9.17) is 0 Å². The monoisotopic (exact) mass is 284 g/mol. The van der Waals surface area contributed by atoms with Crippen LogP contribution in [0.4, 0.5) is 0 Å². The van der Waals surface area contributed by atoms with Crippen molar-refractivity contribution in [1.82, 2.24) is 0 Å². The zero-order chi connectivity index (χ0) is 14.6. The molecule has 0 heterocycles. The number of hydrogen-bond acceptors (Lipinski definition) is 1. The maximum atomic E-state index is 10.2. The molecule has 1 N–H and O–H groups in total. The van der Waals surface area contributed by atoms with Crippen molar-refractivity contribution < 1.29 is 5.11 Å². The van der Waals surface area contributed by atoms with E-state index in [9.17, 15) is 5.11 Å². The van der Waals surface area contributed by atoms with Crippen LogP contribution < -0.4 is 0 Å². The zero-order valence-corrected chi connectivity index (χ0v) is 13.5. The highest BCUT2D eigenvalue weighted by molar-refractivity contribution is 5.45. The molecule has 0 aromatic heterocycles. The maximum Gasteiger partial charge on any atom is 0.119 e. The third-order valence-electron chi connectivity index (χ3n) is 7.09. The van der Waals surface area contributed by atoms with E-state index in [2.05, 4.69) is 26.0 Å². The van der Waals surface area contributed by atoms with Crippen LogP contribution in [0, 0.1) is 17.3 Å². The highest BCUT2D eigenvalue weighted by atomic mass is 16.3. The minimum atomic E-state index is 0.524. The first-order chi connectivity index (χ1) is 10.1. The van der Waals surface area contributed by atoms with Gasteiger partial charge < -0.3 is 5.11 Å². The third-order valence-corrected chi connectivity index (χ3v) is 7.09. The summed E-state index contributed by atoms with van der Waals surface area (Å²) in [5, 5.41) is 10.2. The van der Waals surface area contributed by atoms with Crippen LogP contribution in [0.5, 0.6) is 5.75 Å². The molecule has 0 aliphatic heterocycles. The van der Waals surface area contributed by atoms with Gasteiger partial charge in [0.2, 0.25) is 0 Å². The molecular formula is C20H28O. The van der Waals surface area contributed by atoms with E-state index in [0.29, 0.717) is 11.2 Å². The van der Waals surface area contributed by atoms with E-state index in [1.54, 1.807) is 5.56 Å². The molecule has 1 aromatic carbocycles. The SMILES string of the molecule is CCc1cc2c(cc1O)CC[C@@H]1[C@@H]2CC[C@]2(C)CCC[C@@H]12. The van der Waals surface area contributed by atoms with Crippen molar-refractivity contribution in [3.63, 3.8) is 0 Å².